The third-order valence-corrected chi connectivity index (χ3v) is 1.07. The van der Waals surface area contributed by atoms with Crippen molar-refractivity contribution in [1.82, 2.24) is 0 Å². The highest BCUT2D eigenvalue weighted by Crippen LogP contribution is 2.12. The average molecular weight is 162 g/mol. The van der Waals surface area contributed by atoms with Crippen molar-refractivity contribution in [1.29, 1.82) is 0 Å². The molecule has 0 aliphatic heterocycles. The van der Waals surface area contributed by atoms with Crippen LogP contribution in [-0.4, -0.2) is 0 Å². The van der Waals surface area contributed by atoms with Crippen molar-refractivity contribution in [3.8, 4) is 0 Å². The molecule has 0 radical (unpaired) electrons. The largest absolute Gasteiger partial charge is 0.0656 e. The summed E-state index contributed by atoms with van der Waals surface area (Å²) in [4.78, 5) is 0. The van der Waals surface area contributed by atoms with Crippen molar-refractivity contribution in [2.24, 2.45) is 11.3 Å². The first-order valence-electron chi connectivity index (χ1n) is 4.35. The second kappa shape index (κ2) is 4.86. The molecule has 0 saturated carbocycles. The van der Waals surface area contributed by atoms with Crippen LogP contribution in [0.25, 0.3) is 0 Å². The summed E-state index contributed by atoms with van der Waals surface area (Å²) in [6.07, 6.45) is 3.97. The summed E-state index contributed by atoms with van der Waals surface area (Å²) in [5, 5.41) is 0. The molecule has 0 spiro atoms. The molecule has 0 aromatic carbocycles. The second-order valence-electron chi connectivity index (χ2n) is 4.33. The van der Waals surface area contributed by atoms with E-state index >= 15 is 0 Å². The van der Waals surface area contributed by atoms with Gasteiger partial charge in [-0.1, -0.05) is 46.1 Å². The fourth-order valence-corrected chi connectivity index (χ4v) is 0.503. The summed E-state index contributed by atoms with van der Waals surface area (Å²) in [6, 6.07) is 0. The van der Waals surface area contributed by atoms with Gasteiger partial charge in [0.1, 0.15) is 0 Å². The molecule has 0 heteroatoms. The summed E-state index contributed by atoms with van der Waals surface area (Å²) in [5.74, 6) is 0.536. The van der Waals surface area contributed by atoms with E-state index in [1.54, 1.807) is 0 Å². The molecule has 0 fully saturated rings. The van der Waals surface area contributed by atoms with Crippen LogP contribution in [0, 0.1) is 11.3 Å². The summed E-state index contributed by atoms with van der Waals surface area (Å²) < 4.78 is 0. The zero-order valence-electron chi connectivity index (χ0n) is 8.73. The van der Waals surface area contributed by atoms with E-state index < -0.39 is 0 Å². The van der Waals surface area contributed by atoms with Gasteiger partial charge in [-0.3, -0.25) is 0 Å². The fraction of sp³-hybridized carbons (Fsp3) is 0.583. The molecule has 0 saturated heterocycles. The summed E-state index contributed by atoms with van der Waals surface area (Å²) in [7, 11) is 0. The fourth-order valence-electron chi connectivity index (χ4n) is 0.503. The van der Waals surface area contributed by atoms with Crippen molar-refractivity contribution in [2.45, 2.75) is 34.6 Å². The molecule has 0 rings (SSSR count). The highest BCUT2D eigenvalue weighted by Gasteiger charge is 2.01. The Morgan fingerprint density at radius 1 is 1.08 bits per heavy atom. The predicted molar refractivity (Wildman–Crippen MR) is 54.0 cm³/mol. The second-order valence-corrected chi connectivity index (χ2v) is 4.33. The molecule has 0 atom stereocenters. The van der Waals surface area contributed by atoms with Crippen LogP contribution in [0.3, 0.4) is 0 Å². The average Bonchev–Trinajstić information content (AvgIpc) is 1.83. The van der Waals surface area contributed by atoms with E-state index in [0.717, 1.165) is 0 Å². The van der Waals surface area contributed by atoms with Gasteiger partial charge < -0.3 is 0 Å². The van der Waals surface area contributed by atoms with Crippen molar-refractivity contribution < 1.29 is 0 Å². The zero-order valence-corrected chi connectivity index (χ0v) is 8.73. The van der Waals surface area contributed by atoms with Crippen LogP contribution >= 0.6 is 0 Å². The van der Waals surface area contributed by atoms with E-state index in [-0.39, 0.29) is 5.41 Å². The Kier molecular flexibility index (Phi) is 4.49. The molecule has 0 aromatic rings. The summed E-state index contributed by atoms with van der Waals surface area (Å²) >= 11 is 0. The third-order valence-electron chi connectivity index (χ3n) is 1.07. The first-order chi connectivity index (χ1) is 5.42. The van der Waals surface area contributed by atoms with Crippen molar-refractivity contribution >= 4 is 0 Å². The van der Waals surface area contributed by atoms with Crippen LogP contribution < -0.4 is 0 Å². The highest BCUT2D eigenvalue weighted by molar-refractivity contribution is 4.94. The number of allylic oxidation sites excluding steroid dienone is 2. The van der Waals surface area contributed by atoms with Gasteiger partial charge in [0, 0.05) is 0 Å². The van der Waals surface area contributed by atoms with Crippen molar-refractivity contribution in [3.63, 3.8) is 0 Å². The maximum atomic E-state index is 2.96. The lowest BCUT2D eigenvalue weighted by Gasteiger charge is -2.07. The molecular weight excluding hydrogens is 144 g/mol. The molecule has 0 aliphatic rings. The van der Waals surface area contributed by atoms with Gasteiger partial charge in [-0.05, 0) is 29.2 Å². The lowest BCUT2D eigenvalue weighted by atomic mass is 9.97. The van der Waals surface area contributed by atoms with Crippen molar-refractivity contribution in [3.05, 3.63) is 29.3 Å². The molecule has 0 nitrogen and oxygen atoms in total. The SMILES string of the molecule is CC(C)C=C=C=C=CC(C)(C)C. The van der Waals surface area contributed by atoms with Gasteiger partial charge in [0.15, 0.2) is 0 Å². The Bertz CT molecular complexity index is 242. The summed E-state index contributed by atoms with van der Waals surface area (Å²) in [6.45, 7) is 10.6. The molecule has 0 bridgehead atoms. The van der Waals surface area contributed by atoms with E-state index in [1.165, 1.54) is 0 Å². The van der Waals surface area contributed by atoms with E-state index in [1.807, 2.05) is 12.2 Å². The van der Waals surface area contributed by atoms with Gasteiger partial charge in [-0.15, -0.1) is 0 Å². The quantitative estimate of drug-likeness (QED) is 0.516. The topological polar surface area (TPSA) is 0 Å². The monoisotopic (exact) mass is 162 g/mol. The molecule has 0 aliphatic carbocycles. The van der Waals surface area contributed by atoms with Crippen LogP contribution in [0.5, 0.6) is 0 Å². The Hall–Kier alpha value is -0.920. The standard InChI is InChI=1S/C12H18/c1-11(2)9-7-6-8-10-12(3,4)5/h9-11H,1-5H3. The lowest BCUT2D eigenvalue weighted by molar-refractivity contribution is 0.545. The minimum Gasteiger partial charge on any atom is -0.0656 e. The Morgan fingerprint density at radius 3 is 2.08 bits per heavy atom. The highest BCUT2D eigenvalue weighted by atomic mass is 14.1. The van der Waals surface area contributed by atoms with Crippen LogP contribution in [0.4, 0.5) is 0 Å². The maximum absolute atomic E-state index is 2.96. The first-order valence-corrected chi connectivity index (χ1v) is 4.35. The number of hydrogen-bond donors (Lipinski definition) is 0. The van der Waals surface area contributed by atoms with E-state index in [2.05, 4.69) is 51.8 Å². The van der Waals surface area contributed by atoms with Gasteiger partial charge in [-0.2, -0.15) is 0 Å². The van der Waals surface area contributed by atoms with E-state index in [9.17, 15) is 0 Å². The minimum absolute atomic E-state index is 0.187. The summed E-state index contributed by atoms with van der Waals surface area (Å²) in [5.41, 5.74) is 8.95. The van der Waals surface area contributed by atoms with Gasteiger partial charge in [-0.25, -0.2) is 0 Å². The number of hydrogen-bond acceptors (Lipinski definition) is 0. The Balaban J connectivity index is 4.43. The molecule has 0 heterocycles. The molecule has 0 unspecified atom stereocenters. The van der Waals surface area contributed by atoms with Gasteiger partial charge >= 0.3 is 0 Å². The zero-order chi connectivity index (χ0) is 9.61. The molecule has 0 amide bonds. The van der Waals surface area contributed by atoms with Crippen molar-refractivity contribution in [2.75, 3.05) is 0 Å². The van der Waals surface area contributed by atoms with Crippen LogP contribution in [0.1, 0.15) is 34.6 Å². The Morgan fingerprint density at radius 2 is 1.67 bits per heavy atom. The van der Waals surface area contributed by atoms with Crippen LogP contribution in [0.15, 0.2) is 29.3 Å². The normalized spacial score (nSPS) is 9.83. The van der Waals surface area contributed by atoms with Crippen LogP contribution in [-0.2, 0) is 0 Å². The van der Waals surface area contributed by atoms with Crippen LogP contribution in [0.2, 0.25) is 0 Å². The molecular formula is C12H18. The molecule has 0 N–H and O–H groups in total. The third kappa shape index (κ3) is 9.08. The Labute approximate surface area is 76.0 Å². The minimum atomic E-state index is 0.187. The molecule has 66 valence electrons. The van der Waals surface area contributed by atoms with Gasteiger partial charge in [0.2, 0.25) is 0 Å². The maximum Gasteiger partial charge on any atom is -0.0121 e. The number of rotatable bonds is 1. The van der Waals surface area contributed by atoms with E-state index in [4.69, 9.17) is 0 Å². The lowest BCUT2D eigenvalue weighted by Crippen LogP contribution is -1.96. The van der Waals surface area contributed by atoms with E-state index in [0.29, 0.717) is 5.92 Å². The smallest absolute Gasteiger partial charge is 0.0121 e. The predicted octanol–water partition coefficient (Wildman–Crippen LogP) is 3.71. The van der Waals surface area contributed by atoms with Gasteiger partial charge in [0.05, 0.1) is 0 Å². The van der Waals surface area contributed by atoms with Gasteiger partial charge in [0.25, 0.3) is 0 Å². The molecule has 0 aromatic heterocycles. The molecule has 12 heavy (non-hydrogen) atoms. The first kappa shape index (κ1) is 11.1.